The third-order valence-electron chi connectivity index (χ3n) is 6.54. The summed E-state index contributed by atoms with van der Waals surface area (Å²) in [6, 6.07) is 3.37. The smallest absolute Gasteiger partial charge is 0.293 e. The molecule has 2 N–H and O–H groups in total. The van der Waals surface area contributed by atoms with E-state index in [4.69, 9.17) is 33.4 Å². The van der Waals surface area contributed by atoms with E-state index >= 15 is 0 Å². The molecule has 1 unspecified atom stereocenters. The number of anilines is 2. The highest BCUT2D eigenvalue weighted by atomic mass is 35.5. The number of oxazole rings is 1. The maximum Gasteiger partial charge on any atom is 0.293 e. The van der Waals surface area contributed by atoms with Gasteiger partial charge in [-0.15, -0.1) is 0 Å². The Morgan fingerprint density at radius 1 is 1.22 bits per heavy atom. The van der Waals surface area contributed by atoms with Gasteiger partial charge in [0, 0.05) is 36.2 Å². The lowest BCUT2D eigenvalue weighted by Crippen LogP contribution is -2.59. The van der Waals surface area contributed by atoms with Crippen LogP contribution in [0.3, 0.4) is 0 Å². The number of piperazine rings is 1. The number of nitrogens with zero attached hydrogens (tertiary/aromatic N) is 5. The molecular weight excluding hydrogens is 451 g/mol. The summed E-state index contributed by atoms with van der Waals surface area (Å²) in [6.07, 6.45) is 4.09. The number of hydrogen-bond acceptors (Lipinski definition) is 7. The van der Waals surface area contributed by atoms with Crippen molar-refractivity contribution in [3.8, 4) is 0 Å². The van der Waals surface area contributed by atoms with Crippen LogP contribution < -0.4 is 10.6 Å². The highest BCUT2D eigenvalue weighted by Gasteiger charge is 2.38. The Balaban J connectivity index is 1.42. The number of nitrogen functional groups attached to an aromatic ring is 1. The fourth-order valence-electron chi connectivity index (χ4n) is 4.84. The number of likely N-dealkylation sites (N-methyl/N-ethyl adjacent to an activating group) is 1. The predicted octanol–water partition coefficient (Wildman–Crippen LogP) is 3.38. The van der Waals surface area contributed by atoms with Crippen molar-refractivity contribution in [2.75, 3.05) is 43.9 Å². The van der Waals surface area contributed by atoms with Crippen molar-refractivity contribution in [2.24, 2.45) is 0 Å². The zero-order valence-corrected chi connectivity index (χ0v) is 19.4. The van der Waals surface area contributed by atoms with E-state index in [1.807, 2.05) is 24.9 Å². The van der Waals surface area contributed by atoms with E-state index in [1.165, 1.54) is 0 Å². The van der Waals surface area contributed by atoms with Crippen molar-refractivity contribution >= 4 is 51.9 Å². The number of aromatic nitrogens is 2. The van der Waals surface area contributed by atoms with Gasteiger partial charge in [0.25, 0.3) is 6.01 Å². The fourth-order valence-corrected chi connectivity index (χ4v) is 5.53. The summed E-state index contributed by atoms with van der Waals surface area (Å²) in [5.41, 5.74) is 9.84. The third kappa shape index (κ3) is 3.56. The number of hydrogen-bond donors (Lipinski definition) is 1. The van der Waals surface area contributed by atoms with Gasteiger partial charge >= 0.3 is 0 Å². The third-order valence-corrected chi connectivity index (χ3v) is 7.07. The van der Waals surface area contributed by atoms with Gasteiger partial charge in [0.15, 0.2) is 5.58 Å². The number of nitrogens with two attached hydrogens (primary N) is 1. The molecule has 0 spiro atoms. The number of pyridine rings is 1. The first-order valence-corrected chi connectivity index (χ1v) is 11.3. The average Bonchev–Trinajstić information content (AvgIpc) is 3.13. The van der Waals surface area contributed by atoms with Crippen LogP contribution in [0, 0.1) is 0 Å². The van der Waals surface area contributed by atoms with Gasteiger partial charge in [0.1, 0.15) is 17.2 Å². The maximum atomic E-state index is 13.7. The summed E-state index contributed by atoms with van der Waals surface area (Å²) in [5, 5.41) is 1.23. The molecule has 0 radical (unpaired) electrons. The van der Waals surface area contributed by atoms with Gasteiger partial charge in [-0.2, -0.15) is 4.98 Å². The van der Waals surface area contributed by atoms with E-state index in [1.54, 1.807) is 18.5 Å². The number of benzene rings is 1. The quantitative estimate of drug-likeness (QED) is 0.608. The Hall–Kier alpha value is -2.55. The molecule has 0 bridgehead atoms. The minimum atomic E-state index is -0.311. The molecule has 168 valence electrons. The van der Waals surface area contributed by atoms with E-state index in [0.717, 1.165) is 36.3 Å². The number of carbonyl (C=O) groups is 1. The number of amides is 1. The zero-order chi connectivity index (χ0) is 22.6. The van der Waals surface area contributed by atoms with Crippen molar-refractivity contribution < 1.29 is 9.21 Å². The predicted molar refractivity (Wildman–Crippen MR) is 125 cm³/mol. The minimum absolute atomic E-state index is 0.0820. The van der Waals surface area contributed by atoms with Gasteiger partial charge in [-0.1, -0.05) is 23.2 Å². The van der Waals surface area contributed by atoms with Crippen LogP contribution >= 0.6 is 23.2 Å². The largest absolute Gasteiger partial charge is 0.421 e. The monoisotopic (exact) mass is 474 g/mol. The molecule has 1 fully saturated rings. The number of fused-ring (bicyclic) bond motifs is 2. The molecule has 5 rings (SSSR count). The van der Waals surface area contributed by atoms with Crippen LogP contribution in [0.2, 0.25) is 10.0 Å². The molecule has 1 amide bonds. The normalized spacial score (nSPS) is 21.8. The van der Waals surface area contributed by atoms with E-state index in [-0.39, 0.29) is 24.0 Å². The first kappa shape index (κ1) is 21.3. The second-order valence-electron chi connectivity index (χ2n) is 8.42. The van der Waals surface area contributed by atoms with Crippen molar-refractivity contribution in [1.29, 1.82) is 0 Å². The molecule has 0 saturated carbocycles. The summed E-state index contributed by atoms with van der Waals surface area (Å²) >= 11 is 12.7. The Morgan fingerprint density at radius 2 is 2.03 bits per heavy atom. The zero-order valence-electron chi connectivity index (χ0n) is 17.9. The second kappa shape index (κ2) is 8.10. The molecule has 0 aliphatic carbocycles. The molecule has 2 aliphatic heterocycles. The summed E-state index contributed by atoms with van der Waals surface area (Å²) in [7, 11) is 1.99. The van der Waals surface area contributed by atoms with Crippen LogP contribution in [-0.2, 0) is 11.2 Å². The maximum absolute atomic E-state index is 13.7. The lowest BCUT2D eigenvalue weighted by atomic mass is 9.92. The molecule has 8 nitrogen and oxygen atoms in total. The van der Waals surface area contributed by atoms with Gasteiger partial charge in [0.2, 0.25) is 5.91 Å². The number of rotatable bonds is 2. The Labute approximate surface area is 195 Å². The van der Waals surface area contributed by atoms with E-state index in [0.29, 0.717) is 34.2 Å². The molecule has 2 atom stereocenters. The van der Waals surface area contributed by atoms with Gasteiger partial charge < -0.3 is 20.0 Å². The van der Waals surface area contributed by atoms with Crippen LogP contribution in [0.15, 0.2) is 28.9 Å². The first-order valence-electron chi connectivity index (χ1n) is 10.6. The number of halogens is 2. The highest BCUT2D eigenvalue weighted by molar-refractivity contribution is 6.35. The van der Waals surface area contributed by atoms with Crippen LogP contribution in [0.4, 0.5) is 11.7 Å². The highest BCUT2D eigenvalue weighted by Crippen LogP contribution is 2.38. The molecule has 4 heterocycles. The van der Waals surface area contributed by atoms with E-state index < -0.39 is 0 Å². The van der Waals surface area contributed by atoms with Crippen molar-refractivity contribution in [3.63, 3.8) is 0 Å². The lowest BCUT2D eigenvalue weighted by molar-refractivity contribution is -0.139. The Bertz CT molecular complexity index is 1200. The summed E-state index contributed by atoms with van der Waals surface area (Å²) in [6.45, 7) is 4.64. The average molecular weight is 475 g/mol. The summed E-state index contributed by atoms with van der Waals surface area (Å²) in [5.74, 6) is 0.0820. The van der Waals surface area contributed by atoms with Crippen molar-refractivity contribution in [3.05, 3.63) is 45.7 Å². The van der Waals surface area contributed by atoms with Crippen LogP contribution in [0.1, 0.15) is 24.1 Å². The summed E-state index contributed by atoms with van der Waals surface area (Å²) < 4.78 is 5.62. The van der Waals surface area contributed by atoms with Crippen LogP contribution in [0.5, 0.6) is 0 Å². The fraction of sp³-hybridized carbons (Fsp3) is 0.409. The van der Waals surface area contributed by atoms with Gasteiger partial charge in [0.05, 0.1) is 18.4 Å². The molecular formula is C22H24Cl2N6O2. The molecule has 2 aliphatic rings. The SMILES string of the molecule is C[C@H]1c2c(Cl)cc(Cl)cc2CCN1C(=O)C1CN(c2cncc3nc(N)oc23)CCN1C. The topological polar surface area (TPSA) is 91.7 Å². The van der Waals surface area contributed by atoms with Crippen LogP contribution in [0.25, 0.3) is 11.1 Å². The molecule has 10 heteroatoms. The van der Waals surface area contributed by atoms with E-state index in [2.05, 4.69) is 19.8 Å². The van der Waals surface area contributed by atoms with Gasteiger partial charge in [-0.05, 0) is 43.7 Å². The molecule has 1 saturated heterocycles. The first-order chi connectivity index (χ1) is 15.3. The lowest BCUT2D eigenvalue weighted by Gasteiger charge is -2.44. The van der Waals surface area contributed by atoms with Gasteiger partial charge in [-0.25, -0.2) is 0 Å². The van der Waals surface area contributed by atoms with Crippen molar-refractivity contribution in [1.82, 2.24) is 19.8 Å². The molecule has 1 aromatic carbocycles. The Morgan fingerprint density at radius 3 is 2.84 bits per heavy atom. The molecule has 32 heavy (non-hydrogen) atoms. The molecule has 2 aromatic heterocycles. The molecule has 3 aromatic rings. The van der Waals surface area contributed by atoms with Gasteiger partial charge in [-0.3, -0.25) is 14.7 Å². The standard InChI is InChI=1S/C22H24Cl2N6O2/c1-12-19-13(7-14(23)8-15(19)24)3-4-30(12)21(31)18-11-29(6-5-28(18)2)17-10-26-9-16-20(17)32-22(25)27-16/h7-10,12,18H,3-6,11H2,1-2H3,(H2,25,27)/t12-,18?/m0/s1. The van der Waals surface area contributed by atoms with Crippen molar-refractivity contribution in [2.45, 2.75) is 25.4 Å². The Kier molecular flexibility index (Phi) is 5.39. The number of carbonyl (C=O) groups excluding carboxylic acids is 1. The summed E-state index contributed by atoms with van der Waals surface area (Å²) in [4.78, 5) is 28.3. The second-order valence-corrected chi connectivity index (χ2v) is 9.26. The minimum Gasteiger partial charge on any atom is -0.421 e. The van der Waals surface area contributed by atoms with Crippen LogP contribution in [-0.4, -0.2) is 64.9 Å². The van der Waals surface area contributed by atoms with E-state index in [9.17, 15) is 4.79 Å².